The first-order chi connectivity index (χ1) is 19.4. The number of nitrogens with zero attached hydrogens (tertiary/aromatic N) is 2. The minimum absolute atomic E-state index is 0.00280. The zero-order chi connectivity index (χ0) is 30.7. The first kappa shape index (κ1) is 32.1. The fraction of sp³-hybridized carbons (Fsp3) is 0.385. The smallest absolute Gasteiger partial charge is 0.328 e. The third-order valence-corrected chi connectivity index (χ3v) is 5.64. The van der Waals surface area contributed by atoms with E-state index >= 15 is 0 Å². The van der Waals surface area contributed by atoms with Crippen molar-refractivity contribution in [3.8, 4) is 0 Å². The van der Waals surface area contributed by atoms with Gasteiger partial charge in [-0.2, -0.15) is 4.98 Å². The molecule has 0 bridgehead atoms. The summed E-state index contributed by atoms with van der Waals surface area (Å²) in [5.41, 5.74) is 0.200. The number of imide groups is 1. The molecule has 0 aliphatic rings. The van der Waals surface area contributed by atoms with Crippen LogP contribution in [0.4, 0.5) is 17.5 Å². The van der Waals surface area contributed by atoms with Crippen molar-refractivity contribution in [2.45, 2.75) is 46.1 Å². The van der Waals surface area contributed by atoms with Crippen LogP contribution in [-0.4, -0.2) is 72.3 Å². The van der Waals surface area contributed by atoms with E-state index < -0.39 is 47.2 Å². The molecule has 4 N–H and O–H groups in total. The number of hydrogen-bond donors (Lipinski definition) is 4. The number of esters is 2. The Morgan fingerprint density at radius 3 is 2.15 bits per heavy atom. The molecule has 41 heavy (non-hydrogen) atoms. The number of H-pyrrole nitrogens is 1. The Morgan fingerprint density at radius 1 is 0.976 bits per heavy atom. The predicted molar refractivity (Wildman–Crippen MR) is 146 cm³/mol. The Balaban J connectivity index is 2.14. The highest BCUT2D eigenvalue weighted by molar-refractivity contribution is 6.13. The molecule has 15 nitrogen and oxygen atoms in total. The molecule has 0 aliphatic heterocycles. The number of methoxy groups -OCH3 is 2. The minimum atomic E-state index is -1.05. The summed E-state index contributed by atoms with van der Waals surface area (Å²) in [5, 5.41) is 7.93. The number of carbonyl (C=O) groups is 6. The van der Waals surface area contributed by atoms with Crippen LogP contribution in [0.15, 0.2) is 29.1 Å². The standard InChI is InChI=1S/C26H32N6O9/c1-14(33)28-26-30-22(32(15(2)34)16(3)35)19(24(38)31-26)12-13-27-18-8-6-17(7-9-18)23(37)29-20(25(39)41-5)10-11-21(36)40-4/h6-9,20,27H,10-13H2,1-5H3,(H,29,37)(H2,28,30,31,33,38)/t20-/m1/s1. The Kier molecular flexibility index (Phi) is 11.7. The van der Waals surface area contributed by atoms with Crippen molar-refractivity contribution in [3.05, 3.63) is 45.7 Å². The molecular formula is C26H32N6O9. The van der Waals surface area contributed by atoms with E-state index in [1.165, 1.54) is 33.3 Å². The third-order valence-electron chi connectivity index (χ3n) is 5.64. The molecule has 1 atom stereocenters. The lowest BCUT2D eigenvalue weighted by Gasteiger charge is -2.20. The first-order valence-corrected chi connectivity index (χ1v) is 12.4. The van der Waals surface area contributed by atoms with Crippen molar-refractivity contribution in [1.82, 2.24) is 15.3 Å². The van der Waals surface area contributed by atoms with Gasteiger partial charge < -0.3 is 20.1 Å². The number of aromatic amines is 1. The Hall–Kier alpha value is -5.08. The van der Waals surface area contributed by atoms with Crippen LogP contribution < -0.4 is 26.4 Å². The summed E-state index contributed by atoms with van der Waals surface area (Å²) in [6.45, 7) is 3.68. The zero-order valence-electron chi connectivity index (χ0n) is 23.3. The van der Waals surface area contributed by atoms with Gasteiger partial charge in [-0.25, -0.2) is 9.69 Å². The van der Waals surface area contributed by atoms with E-state index in [4.69, 9.17) is 4.74 Å². The maximum absolute atomic E-state index is 12.8. The molecule has 0 fully saturated rings. The van der Waals surface area contributed by atoms with Gasteiger partial charge in [0.1, 0.15) is 6.04 Å². The molecule has 1 heterocycles. The van der Waals surface area contributed by atoms with Crippen LogP contribution in [0.25, 0.3) is 0 Å². The highest BCUT2D eigenvalue weighted by Gasteiger charge is 2.25. The Labute approximate surface area is 235 Å². The molecule has 15 heteroatoms. The first-order valence-electron chi connectivity index (χ1n) is 12.4. The predicted octanol–water partition coefficient (Wildman–Crippen LogP) is 0.507. The Morgan fingerprint density at radius 2 is 1.61 bits per heavy atom. The molecule has 0 unspecified atom stereocenters. The maximum atomic E-state index is 12.8. The number of hydrogen-bond acceptors (Lipinski definition) is 11. The molecule has 0 radical (unpaired) electrons. The van der Waals surface area contributed by atoms with Crippen LogP contribution in [0.3, 0.4) is 0 Å². The maximum Gasteiger partial charge on any atom is 0.328 e. The number of benzene rings is 1. The molecule has 0 saturated carbocycles. The van der Waals surface area contributed by atoms with E-state index in [1.807, 2.05) is 0 Å². The number of nitrogens with one attached hydrogen (secondary N) is 4. The molecular weight excluding hydrogens is 540 g/mol. The van der Waals surface area contributed by atoms with Gasteiger partial charge in [0.2, 0.25) is 23.7 Å². The molecule has 0 saturated heterocycles. The summed E-state index contributed by atoms with van der Waals surface area (Å²) >= 11 is 0. The van der Waals surface area contributed by atoms with E-state index in [9.17, 15) is 33.6 Å². The van der Waals surface area contributed by atoms with Gasteiger partial charge in [-0.1, -0.05) is 0 Å². The summed E-state index contributed by atoms with van der Waals surface area (Å²) in [7, 11) is 2.39. The average Bonchev–Trinajstić information content (AvgIpc) is 2.91. The molecule has 0 aliphatic carbocycles. The topological polar surface area (TPSA) is 206 Å². The zero-order valence-corrected chi connectivity index (χ0v) is 23.3. The van der Waals surface area contributed by atoms with Gasteiger partial charge in [0.25, 0.3) is 11.5 Å². The number of aromatic nitrogens is 2. The van der Waals surface area contributed by atoms with E-state index in [0.29, 0.717) is 5.69 Å². The van der Waals surface area contributed by atoms with Crippen molar-refractivity contribution in [1.29, 1.82) is 0 Å². The molecule has 0 spiro atoms. The lowest BCUT2D eigenvalue weighted by molar-refractivity contribution is -0.144. The molecule has 2 rings (SSSR count). The lowest BCUT2D eigenvalue weighted by atomic mass is 10.1. The van der Waals surface area contributed by atoms with Crippen molar-refractivity contribution >= 4 is 53.0 Å². The number of ether oxygens (including phenoxy) is 2. The number of anilines is 3. The van der Waals surface area contributed by atoms with E-state index in [0.717, 1.165) is 18.7 Å². The van der Waals surface area contributed by atoms with Crippen LogP contribution in [0, 0.1) is 0 Å². The highest BCUT2D eigenvalue weighted by atomic mass is 16.5. The van der Waals surface area contributed by atoms with E-state index in [1.54, 1.807) is 12.1 Å². The van der Waals surface area contributed by atoms with Gasteiger partial charge in [-0.15, -0.1) is 0 Å². The van der Waals surface area contributed by atoms with E-state index in [-0.39, 0.29) is 48.7 Å². The number of carbonyl (C=O) groups excluding carboxylic acids is 6. The van der Waals surface area contributed by atoms with Crippen LogP contribution in [0.1, 0.15) is 49.5 Å². The van der Waals surface area contributed by atoms with Gasteiger partial charge >= 0.3 is 11.9 Å². The van der Waals surface area contributed by atoms with Gasteiger partial charge in [0, 0.05) is 45.0 Å². The molecule has 1 aromatic carbocycles. The summed E-state index contributed by atoms with van der Waals surface area (Å²) in [6.07, 6.45) is -0.0540. The van der Waals surface area contributed by atoms with Gasteiger partial charge in [0.15, 0.2) is 5.82 Å². The van der Waals surface area contributed by atoms with Crippen LogP contribution in [0.2, 0.25) is 0 Å². The molecule has 1 aromatic heterocycles. The lowest BCUT2D eigenvalue weighted by Crippen LogP contribution is -2.41. The van der Waals surface area contributed by atoms with E-state index in [2.05, 4.69) is 30.7 Å². The van der Waals surface area contributed by atoms with Crippen molar-refractivity contribution < 1.29 is 38.2 Å². The van der Waals surface area contributed by atoms with Crippen LogP contribution in [-0.2, 0) is 39.9 Å². The van der Waals surface area contributed by atoms with Gasteiger partial charge in [-0.3, -0.25) is 39.1 Å². The minimum Gasteiger partial charge on any atom is -0.469 e. The van der Waals surface area contributed by atoms with Gasteiger partial charge in [0.05, 0.1) is 19.8 Å². The molecule has 4 amide bonds. The van der Waals surface area contributed by atoms with Crippen molar-refractivity contribution in [2.75, 3.05) is 36.3 Å². The molecule has 2 aromatic rings. The Bertz CT molecular complexity index is 1360. The van der Waals surface area contributed by atoms with Crippen LogP contribution in [0.5, 0.6) is 0 Å². The summed E-state index contributed by atoms with van der Waals surface area (Å²) < 4.78 is 9.25. The monoisotopic (exact) mass is 572 g/mol. The number of rotatable bonds is 12. The number of amides is 4. The second-order valence-corrected chi connectivity index (χ2v) is 8.69. The SMILES string of the molecule is COC(=O)CC[C@@H](NC(=O)c1ccc(NCCc2c(N(C(C)=O)C(C)=O)nc(NC(C)=O)[nH]c2=O)cc1)C(=O)OC. The van der Waals surface area contributed by atoms with Crippen LogP contribution >= 0.6 is 0 Å². The molecule has 220 valence electrons. The second-order valence-electron chi connectivity index (χ2n) is 8.69. The van der Waals surface area contributed by atoms with Crippen molar-refractivity contribution in [2.24, 2.45) is 0 Å². The largest absolute Gasteiger partial charge is 0.469 e. The second kappa shape index (κ2) is 14.9. The average molecular weight is 573 g/mol. The quantitative estimate of drug-likeness (QED) is 0.258. The highest BCUT2D eigenvalue weighted by Crippen LogP contribution is 2.18. The van der Waals surface area contributed by atoms with Gasteiger partial charge in [-0.05, 0) is 37.1 Å². The normalized spacial score (nSPS) is 11.0. The fourth-order valence-corrected chi connectivity index (χ4v) is 3.71. The summed E-state index contributed by atoms with van der Waals surface area (Å²) in [4.78, 5) is 91.8. The summed E-state index contributed by atoms with van der Waals surface area (Å²) in [5.74, 6) is -4.04. The van der Waals surface area contributed by atoms with Crippen molar-refractivity contribution in [3.63, 3.8) is 0 Å². The third kappa shape index (κ3) is 9.26. The summed E-state index contributed by atoms with van der Waals surface area (Å²) in [6, 6.07) is 5.14. The fourth-order valence-electron chi connectivity index (χ4n) is 3.71.